The van der Waals surface area contributed by atoms with Crippen LogP contribution in [0.3, 0.4) is 0 Å². The van der Waals surface area contributed by atoms with Crippen molar-refractivity contribution < 1.29 is 4.74 Å². The van der Waals surface area contributed by atoms with Gasteiger partial charge in [-0.25, -0.2) is 0 Å². The molecule has 0 unspecified atom stereocenters. The SMILES string of the molecule is N#C/C(=C\c1cccs1)c1nnc(N2CCOCC2)n1-c1ccccc1. The van der Waals surface area contributed by atoms with E-state index in [0.29, 0.717) is 24.6 Å². The summed E-state index contributed by atoms with van der Waals surface area (Å²) in [5.41, 5.74) is 1.42. The summed E-state index contributed by atoms with van der Waals surface area (Å²) in [6.07, 6.45) is 1.86. The maximum Gasteiger partial charge on any atom is 0.232 e. The fourth-order valence-electron chi connectivity index (χ4n) is 2.90. The number of morpholine rings is 1. The van der Waals surface area contributed by atoms with Crippen LogP contribution in [0.1, 0.15) is 10.7 Å². The molecule has 2 aromatic heterocycles. The van der Waals surface area contributed by atoms with Crippen LogP contribution in [0, 0.1) is 11.3 Å². The molecule has 1 aliphatic heterocycles. The van der Waals surface area contributed by atoms with Crippen molar-refractivity contribution in [1.29, 1.82) is 5.26 Å². The molecule has 0 spiro atoms. The van der Waals surface area contributed by atoms with Crippen molar-refractivity contribution in [3.8, 4) is 11.8 Å². The highest BCUT2D eigenvalue weighted by atomic mass is 32.1. The number of nitrogens with zero attached hydrogens (tertiary/aromatic N) is 5. The topological polar surface area (TPSA) is 67.0 Å². The third-order valence-corrected chi connectivity index (χ3v) is 4.96. The lowest BCUT2D eigenvalue weighted by Crippen LogP contribution is -2.38. The molecule has 0 saturated carbocycles. The Balaban J connectivity index is 1.84. The van der Waals surface area contributed by atoms with E-state index in [9.17, 15) is 5.26 Å². The van der Waals surface area contributed by atoms with Crippen molar-refractivity contribution in [2.24, 2.45) is 0 Å². The van der Waals surface area contributed by atoms with Crippen LogP contribution in [0.15, 0.2) is 47.8 Å². The van der Waals surface area contributed by atoms with Gasteiger partial charge in [-0.2, -0.15) is 5.26 Å². The van der Waals surface area contributed by atoms with Crippen LogP contribution in [-0.4, -0.2) is 41.1 Å². The summed E-state index contributed by atoms with van der Waals surface area (Å²) in [5, 5.41) is 20.5. The summed E-state index contributed by atoms with van der Waals surface area (Å²) in [4.78, 5) is 3.16. The number of hydrogen-bond acceptors (Lipinski definition) is 6. The Morgan fingerprint density at radius 1 is 1.12 bits per heavy atom. The molecule has 4 rings (SSSR count). The number of anilines is 1. The first-order valence-electron chi connectivity index (χ1n) is 8.36. The summed E-state index contributed by atoms with van der Waals surface area (Å²) in [7, 11) is 0. The van der Waals surface area contributed by atoms with Gasteiger partial charge in [-0.05, 0) is 29.7 Å². The van der Waals surface area contributed by atoms with E-state index in [4.69, 9.17) is 4.74 Å². The van der Waals surface area contributed by atoms with Crippen molar-refractivity contribution in [2.45, 2.75) is 0 Å². The minimum Gasteiger partial charge on any atom is -0.378 e. The molecule has 6 nitrogen and oxygen atoms in total. The fourth-order valence-corrected chi connectivity index (χ4v) is 3.55. The normalized spacial score (nSPS) is 15.0. The molecular formula is C19H17N5OS. The van der Waals surface area contributed by atoms with Crippen LogP contribution in [0.5, 0.6) is 0 Å². The van der Waals surface area contributed by atoms with E-state index < -0.39 is 0 Å². The zero-order valence-electron chi connectivity index (χ0n) is 14.1. The van der Waals surface area contributed by atoms with Crippen LogP contribution in [0.2, 0.25) is 0 Å². The first-order valence-corrected chi connectivity index (χ1v) is 9.24. The highest BCUT2D eigenvalue weighted by Gasteiger charge is 2.23. The number of benzene rings is 1. The summed E-state index contributed by atoms with van der Waals surface area (Å²) < 4.78 is 7.40. The van der Waals surface area contributed by atoms with Gasteiger partial charge >= 0.3 is 0 Å². The number of para-hydroxylation sites is 1. The molecule has 1 aliphatic rings. The van der Waals surface area contributed by atoms with Gasteiger partial charge in [-0.15, -0.1) is 21.5 Å². The van der Waals surface area contributed by atoms with Gasteiger partial charge in [0.1, 0.15) is 6.07 Å². The molecule has 0 aliphatic carbocycles. The Labute approximate surface area is 155 Å². The van der Waals surface area contributed by atoms with Crippen molar-refractivity contribution >= 4 is 28.9 Å². The van der Waals surface area contributed by atoms with Gasteiger partial charge in [0.15, 0.2) is 5.82 Å². The van der Waals surface area contributed by atoms with Gasteiger partial charge in [-0.1, -0.05) is 24.3 Å². The van der Waals surface area contributed by atoms with Gasteiger partial charge in [0.2, 0.25) is 5.95 Å². The molecule has 130 valence electrons. The third kappa shape index (κ3) is 3.25. The lowest BCUT2D eigenvalue weighted by molar-refractivity contribution is 0.122. The van der Waals surface area contributed by atoms with Crippen molar-refractivity contribution in [3.05, 3.63) is 58.5 Å². The summed E-state index contributed by atoms with van der Waals surface area (Å²) >= 11 is 1.59. The summed E-state index contributed by atoms with van der Waals surface area (Å²) in [6.45, 7) is 2.82. The molecule has 3 aromatic rings. The molecule has 0 atom stereocenters. The van der Waals surface area contributed by atoms with E-state index in [0.717, 1.165) is 29.6 Å². The van der Waals surface area contributed by atoms with Gasteiger partial charge in [0, 0.05) is 18.0 Å². The van der Waals surface area contributed by atoms with E-state index >= 15 is 0 Å². The third-order valence-electron chi connectivity index (χ3n) is 4.15. The predicted molar refractivity (Wildman–Crippen MR) is 102 cm³/mol. The second-order valence-electron chi connectivity index (χ2n) is 5.78. The highest BCUT2D eigenvalue weighted by molar-refractivity contribution is 7.10. The number of ether oxygens (including phenoxy) is 1. The fraction of sp³-hybridized carbons (Fsp3) is 0.211. The number of aromatic nitrogens is 3. The first-order chi connectivity index (χ1) is 12.9. The Bertz CT molecular complexity index is 934. The van der Waals surface area contributed by atoms with Crippen LogP contribution < -0.4 is 4.90 Å². The Morgan fingerprint density at radius 2 is 1.92 bits per heavy atom. The van der Waals surface area contributed by atoms with E-state index in [1.807, 2.05) is 58.5 Å². The zero-order valence-corrected chi connectivity index (χ0v) is 14.9. The predicted octanol–water partition coefficient (Wildman–Crippen LogP) is 3.23. The number of allylic oxidation sites excluding steroid dienone is 1. The van der Waals surface area contributed by atoms with Crippen LogP contribution in [0.4, 0.5) is 5.95 Å². The van der Waals surface area contributed by atoms with Crippen LogP contribution in [0.25, 0.3) is 17.3 Å². The van der Waals surface area contributed by atoms with Gasteiger partial charge in [0.05, 0.1) is 24.5 Å². The second-order valence-corrected chi connectivity index (χ2v) is 6.76. The van der Waals surface area contributed by atoms with Gasteiger partial charge < -0.3 is 9.64 Å². The van der Waals surface area contributed by atoms with Crippen molar-refractivity contribution in [3.63, 3.8) is 0 Å². The molecule has 0 bridgehead atoms. The second kappa shape index (κ2) is 7.52. The molecule has 26 heavy (non-hydrogen) atoms. The van der Waals surface area contributed by atoms with Crippen molar-refractivity contribution in [2.75, 3.05) is 31.2 Å². The van der Waals surface area contributed by atoms with E-state index in [1.54, 1.807) is 11.3 Å². The number of nitriles is 1. The number of thiophene rings is 1. The smallest absolute Gasteiger partial charge is 0.232 e. The van der Waals surface area contributed by atoms with Gasteiger partial charge in [-0.3, -0.25) is 4.57 Å². The minimum absolute atomic E-state index is 0.489. The van der Waals surface area contributed by atoms with Crippen molar-refractivity contribution in [1.82, 2.24) is 14.8 Å². The molecule has 3 heterocycles. The van der Waals surface area contributed by atoms with E-state index in [1.165, 1.54) is 0 Å². The minimum atomic E-state index is 0.489. The highest BCUT2D eigenvalue weighted by Crippen LogP contribution is 2.27. The standard InChI is InChI=1S/C19H17N5OS/c20-14-15(13-17-7-4-12-26-17)18-21-22-19(23-8-10-25-11-9-23)24(18)16-5-2-1-3-6-16/h1-7,12-13H,8-11H2/b15-13+. The molecule has 0 N–H and O–H groups in total. The molecule has 1 fully saturated rings. The largest absolute Gasteiger partial charge is 0.378 e. The quantitative estimate of drug-likeness (QED) is 0.666. The van der Waals surface area contributed by atoms with Crippen LogP contribution >= 0.6 is 11.3 Å². The first kappa shape index (κ1) is 16.5. The lowest BCUT2D eigenvalue weighted by Gasteiger charge is -2.28. The molecule has 7 heteroatoms. The number of rotatable bonds is 4. The molecular weight excluding hydrogens is 346 g/mol. The molecule has 0 amide bonds. The van der Waals surface area contributed by atoms with E-state index in [-0.39, 0.29) is 0 Å². The summed E-state index contributed by atoms with van der Waals surface area (Å²) in [5.74, 6) is 1.29. The number of hydrogen-bond donors (Lipinski definition) is 0. The molecule has 1 aromatic carbocycles. The zero-order chi connectivity index (χ0) is 17.8. The molecule has 0 radical (unpaired) electrons. The maximum atomic E-state index is 9.74. The van der Waals surface area contributed by atoms with Gasteiger partial charge in [0.25, 0.3) is 0 Å². The Hall–Kier alpha value is -2.95. The average molecular weight is 363 g/mol. The lowest BCUT2D eigenvalue weighted by atomic mass is 10.2. The average Bonchev–Trinajstić information content (AvgIpc) is 3.37. The van der Waals surface area contributed by atoms with E-state index in [2.05, 4.69) is 21.2 Å². The monoisotopic (exact) mass is 363 g/mol. The Morgan fingerprint density at radius 3 is 2.62 bits per heavy atom. The Kier molecular flexibility index (Phi) is 4.78. The summed E-state index contributed by atoms with van der Waals surface area (Å²) in [6, 6.07) is 16.1. The maximum absolute atomic E-state index is 9.74. The molecule has 1 saturated heterocycles. The van der Waals surface area contributed by atoms with Crippen LogP contribution in [-0.2, 0) is 4.74 Å².